The third-order valence-corrected chi connectivity index (χ3v) is 4.23. The second kappa shape index (κ2) is 7.03. The van der Waals surface area contributed by atoms with Gasteiger partial charge >= 0.3 is 0 Å². The molecule has 2 amide bonds. The number of aromatic nitrogens is 1. The van der Waals surface area contributed by atoms with Crippen molar-refractivity contribution in [1.82, 2.24) is 9.88 Å². The summed E-state index contributed by atoms with van der Waals surface area (Å²) in [4.78, 5) is 28.7. The first-order valence-electron chi connectivity index (χ1n) is 8.09. The van der Waals surface area contributed by atoms with Gasteiger partial charge in [-0.05, 0) is 24.6 Å². The Bertz CT molecular complexity index is 1010. The fraction of sp³-hybridized carbons (Fsp3) is 0.211. The number of primary amides is 1. The number of benzene rings is 1. The smallest absolute Gasteiger partial charge is 0.269 e. The van der Waals surface area contributed by atoms with Gasteiger partial charge in [0.05, 0.1) is 5.69 Å². The van der Waals surface area contributed by atoms with Crippen LogP contribution < -0.4 is 11.5 Å². The number of hydrogen-bond acceptors (Lipinski definition) is 4. The molecule has 2 aromatic rings. The molecule has 0 bridgehead atoms. The van der Waals surface area contributed by atoms with Gasteiger partial charge in [-0.15, -0.1) is 0 Å². The second-order valence-electron chi connectivity index (χ2n) is 6.22. The van der Waals surface area contributed by atoms with Crippen molar-refractivity contribution < 1.29 is 18.4 Å². The van der Waals surface area contributed by atoms with Crippen LogP contribution in [0.3, 0.4) is 0 Å². The molecule has 8 heteroatoms. The van der Waals surface area contributed by atoms with Crippen molar-refractivity contribution in [2.75, 3.05) is 19.3 Å². The zero-order valence-corrected chi connectivity index (χ0v) is 14.4. The summed E-state index contributed by atoms with van der Waals surface area (Å²) in [6, 6.07) is 4.56. The van der Waals surface area contributed by atoms with Crippen LogP contribution in [0.2, 0.25) is 0 Å². The van der Waals surface area contributed by atoms with Crippen LogP contribution in [-0.2, 0) is 4.79 Å². The summed E-state index contributed by atoms with van der Waals surface area (Å²) in [7, 11) is 1.69. The molecule has 1 aliphatic heterocycles. The molecule has 6 nitrogen and oxygen atoms in total. The van der Waals surface area contributed by atoms with Crippen molar-refractivity contribution in [1.29, 1.82) is 0 Å². The fourth-order valence-electron chi connectivity index (χ4n) is 2.83. The van der Waals surface area contributed by atoms with Gasteiger partial charge in [-0.2, -0.15) is 0 Å². The van der Waals surface area contributed by atoms with Crippen molar-refractivity contribution >= 4 is 17.5 Å². The second-order valence-corrected chi connectivity index (χ2v) is 6.22. The molecule has 0 radical (unpaired) electrons. The minimum absolute atomic E-state index is 0.0779. The lowest BCUT2D eigenvalue weighted by molar-refractivity contribution is -0.128. The van der Waals surface area contributed by atoms with E-state index >= 15 is 0 Å². The molecule has 138 valence electrons. The number of nitrogens with two attached hydrogens (primary N) is 2. The number of anilines is 1. The number of rotatable bonds is 2. The summed E-state index contributed by atoms with van der Waals surface area (Å²) in [5.41, 5.74) is 10.3. The summed E-state index contributed by atoms with van der Waals surface area (Å²) in [5.74, 6) is 2.63. The number of nitrogen functional groups attached to an aromatic ring is 1. The predicted molar refractivity (Wildman–Crippen MR) is 95.1 cm³/mol. The Hall–Kier alpha value is -3.47. The molecule has 1 aliphatic rings. The van der Waals surface area contributed by atoms with Gasteiger partial charge in [-0.25, -0.2) is 13.8 Å². The van der Waals surface area contributed by atoms with Gasteiger partial charge < -0.3 is 16.4 Å². The van der Waals surface area contributed by atoms with Crippen molar-refractivity contribution in [3.8, 4) is 23.1 Å². The van der Waals surface area contributed by atoms with E-state index in [1.165, 1.54) is 12.1 Å². The normalized spacial score (nSPS) is 16.2. The van der Waals surface area contributed by atoms with Crippen molar-refractivity contribution in [2.24, 2.45) is 11.7 Å². The van der Waals surface area contributed by atoms with Crippen molar-refractivity contribution in [3.63, 3.8) is 0 Å². The standard InChI is InChI=1S/C19H16F2N4O2/c1-25-5-4-11(19(25)27)3-2-10-6-12(8-13(20)7-10)16-14(21)9-15(22)17(24-16)18(23)26/h6-9,11H,4-5,22H2,1H3,(H2,23,26)/t11-/m1/s1. The highest BCUT2D eigenvalue weighted by atomic mass is 19.1. The summed E-state index contributed by atoms with van der Waals surface area (Å²) in [6.45, 7) is 0.614. The van der Waals surface area contributed by atoms with Crippen molar-refractivity contribution in [2.45, 2.75) is 6.42 Å². The van der Waals surface area contributed by atoms with E-state index in [0.717, 1.165) is 12.1 Å². The van der Waals surface area contributed by atoms with E-state index in [1.54, 1.807) is 11.9 Å². The Labute approximate surface area is 154 Å². The van der Waals surface area contributed by atoms with Crippen LogP contribution in [-0.4, -0.2) is 35.3 Å². The van der Waals surface area contributed by atoms with E-state index in [1.807, 2.05) is 0 Å². The van der Waals surface area contributed by atoms with E-state index in [4.69, 9.17) is 11.5 Å². The molecule has 3 rings (SSSR count). The Kier molecular flexibility index (Phi) is 4.77. The fourth-order valence-corrected chi connectivity index (χ4v) is 2.83. The molecule has 0 aliphatic carbocycles. The van der Waals surface area contributed by atoms with E-state index in [2.05, 4.69) is 16.8 Å². The highest BCUT2D eigenvalue weighted by molar-refractivity contribution is 5.96. The van der Waals surface area contributed by atoms with Crippen molar-refractivity contribution in [3.05, 3.63) is 47.2 Å². The summed E-state index contributed by atoms with van der Waals surface area (Å²) >= 11 is 0. The molecule has 1 fully saturated rings. The maximum atomic E-state index is 14.3. The van der Waals surface area contributed by atoms with Crippen LogP contribution in [0.4, 0.5) is 14.5 Å². The molecule has 0 saturated carbocycles. The van der Waals surface area contributed by atoms with Gasteiger partial charge in [-0.1, -0.05) is 11.8 Å². The average Bonchev–Trinajstić information content (AvgIpc) is 2.91. The summed E-state index contributed by atoms with van der Waals surface area (Å²) < 4.78 is 28.3. The van der Waals surface area contributed by atoms with Gasteiger partial charge in [0, 0.05) is 30.8 Å². The first-order chi connectivity index (χ1) is 12.8. The summed E-state index contributed by atoms with van der Waals surface area (Å²) in [6.07, 6.45) is 0.598. The average molecular weight is 370 g/mol. The zero-order valence-electron chi connectivity index (χ0n) is 14.4. The molecule has 27 heavy (non-hydrogen) atoms. The Morgan fingerprint density at radius 1 is 1.30 bits per heavy atom. The largest absolute Gasteiger partial charge is 0.397 e. The molecule has 0 spiro atoms. The van der Waals surface area contributed by atoms with Crippen LogP contribution in [0.15, 0.2) is 24.3 Å². The molecule has 0 unspecified atom stereocenters. The number of carbonyl (C=O) groups is 2. The molecule has 2 heterocycles. The number of nitrogens with zero attached hydrogens (tertiary/aromatic N) is 2. The first kappa shape index (κ1) is 18.3. The van der Waals surface area contributed by atoms with Crippen LogP contribution in [0, 0.1) is 29.4 Å². The SMILES string of the molecule is CN1CC[C@@H](C#Cc2cc(F)cc(-c3nc(C(N)=O)c(N)cc3F)c2)C1=O. The minimum Gasteiger partial charge on any atom is -0.397 e. The van der Waals surface area contributed by atoms with Crippen LogP contribution in [0.25, 0.3) is 11.3 Å². The maximum absolute atomic E-state index is 14.3. The van der Waals surface area contributed by atoms with E-state index in [9.17, 15) is 18.4 Å². The Morgan fingerprint density at radius 2 is 2.04 bits per heavy atom. The topological polar surface area (TPSA) is 102 Å². The lowest BCUT2D eigenvalue weighted by Gasteiger charge is -2.08. The number of carbonyl (C=O) groups excluding carboxylic acids is 2. The quantitative estimate of drug-likeness (QED) is 0.783. The van der Waals surface area contributed by atoms with Crippen LogP contribution in [0.5, 0.6) is 0 Å². The van der Waals surface area contributed by atoms with Gasteiger partial charge in [0.15, 0.2) is 11.5 Å². The number of amides is 2. The minimum atomic E-state index is -0.922. The zero-order chi connectivity index (χ0) is 19.7. The lowest BCUT2D eigenvalue weighted by atomic mass is 10.0. The highest BCUT2D eigenvalue weighted by Gasteiger charge is 2.27. The van der Waals surface area contributed by atoms with Gasteiger partial charge in [0.25, 0.3) is 5.91 Å². The Morgan fingerprint density at radius 3 is 2.67 bits per heavy atom. The van der Waals surface area contributed by atoms with E-state index in [-0.39, 0.29) is 34.1 Å². The third-order valence-electron chi connectivity index (χ3n) is 4.23. The number of pyridine rings is 1. The molecule has 1 atom stereocenters. The van der Waals surface area contributed by atoms with Gasteiger partial charge in [0.1, 0.15) is 17.4 Å². The predicted octanol–water partition coefficient (Wildman–Crippen LogP) is 1.54. The number of halogens is 2. The Balaban J connectivity index is 2.01. The third kappa shape index (κ3) is 3.72. The summed E-state index contributed by atoms with van der Waals surface area (Å²) in [5, 5.41) is 0. The van der Waals surface area contributed by atoms with Gasteiger partial charge in [0.2, 0.25) is 5.91 Å². The number of likely N-dealkylation sites (tertiary alicyclic amines) is 1. The molecule has 1 saturated heterocycles. The molecule has 4 N–H and O–H groups in total. The number of hydrogen-bond donors (Lipinski definition) is 2. The molecule has 1 aromatic heterocycles. The first-order valence-corrected chi connectivity index (χ1v) is 8.09. The molecular formula is C19H16F2N4O2. The van der Waals surface area contributed by atoms with E-state index in [0.29, 0.717) is 13.0 Å². The van der Waals surface area contributed by atoms with E-state index < -0.39 is 23.5 Å². The maximum Gasteiger partial charge on any atom is 0.269 e. The monoisotopic (exact) mass is 370 g/mol. The highest BCUT2D eigenvalue weighted by Crippen LogP contribution is 2.26. The van der Waals surface area contributed by atoms with Crippen LogP contribution >= 0.6 is 0 Å². The molecular weight excluding hydrogens is 354 g/mol. The van der Waals surface area contributed by atoms with Crippen LogP contribution in [0.1, 0.15) is 22.5 Å². The van der Waals surface area contributed by atoms with Gasteiger partial charge in [-0.3, -0.25) is 9.59 Å². The lowest BCUT2D eigenvalue weighted by Crippen LogP contribution is -2.21. The molecule has 1 aromatic carbocycles.